The van der Waals surface area contributed by atoms with E-state index in [2.05, 4.69) is 0 Å². The van der Waals surface area contributed by atoms with Gasteiger partial charge in [0.15, 0.2) is 5.78 Å². The summed E-state index contributed by atoms with van der Waals surface area (Å²) in [6, 6.07) is 3.70. The molecule has 0 heterocycles. The van der Waals surface area contributed by atoms with E-state index in [1.165, 1.54) is 12.1 Å². The molecule has 1 aromatic rings. The van der Waals surface area contributed by atoms with Crippen molar-refractivity contribution in [2.75, 3.05) is 0 Å². The second-order valence-electron chi connectivity index (χ2n) is 4.90. The van der Waals surface area contributed by atoms with E-state index in [0.717, 1.165) is 6.07 Å². The lowest BCUT2D eigenvalue weighted by Gasteiger charge is -2.15. The topological polar surface area (TPSA) is 34.1 Å². The van der Waals surface area contributed by atoms with Gasteiger partial charge in [-0.1, -0.05) is 32.4 Å². The van der Waals surface area contributed by atoms with E-state index in [1.807, 2.05) is 0 Å². The van der Waals surface area contributed by atoms with Crippen molar-refractivity contribution in [3.63, 3.8) is 0 Å². The number of carbonyl (C=O) groups excluding carboxylic acids is 2. The first kappa shape index (κ1) is 13.8. The Labute approximate surface area is 105 Å². The van der Waals surface area contributed by atoms with Crippen LogP contribution in [0.3, 0.4) is 0 Å². The number of benzene rings is 1. The van der Waals surface area contributed by atoms with E-state index in [4.69, 9.17) is 11.6 Å². The summed E-state index contributed by atoms with van der Waals surface area (Å²) in [5.41, 5.74) is -0.298. The largest absolute Gasteiger partial charge is 0.299 e. The third kappa shape index (κ3) is 3.63. The van der Waals surface area contributed by atoms with Crippen LogP contribution in [0.1, 0.15) is 37.6 Å². The minimum absolute atomic E-state index is 0.112. The highest BCUT2D eigenvalue weighted by molar-refractivity contribution is 6.31. The number of hydrogen-bond donors (Lipinski definition) is 0. The third-order valence-electron chi connectivity index (χ3n) is 2.40. The van der Waals surface area contributed by atoms with E-state index >= 15 is 0 Å². The minimum Gasteiger partial charge on any atom is -0.299 e. The summed E-state index contributed by atoms with van der Waals surface area (Å²) >= 11 is 5.57. The van der Waals surface area contributed by atoms with Gasteiger partial charge in [0.2, 0.25) is 0 Å². The molecule has 4 heteroatoms. The maximum atomic E-state index is 12.9. The average Bonchev–Trinajstić information content (AvgIpc) is 2.20. The quantitative estimate of drug-likeness (QED) is 0.611. The monoisotopic (exact) mass is 256 g/mol. The summed E-state index contributed by atoms with van der Waals surface area (Å²) in [7, 11) is 0. The molecule has 0 fully saturated rings. The van der Waals surface area contributed by atoms with Crippen molar-refractivity contribution in [1.29, 1.82) is 0 Å². The van der Waals surface area contributed by atoms with Crippen LogP contribution in [0.4, 0.5) is 4.39 Å². The van der Waals surface area contributed by atoms with Crippen LogP contribution < -0.4 is 0 Å². The van der Waals surface area contributed by atoms with E-state index in [9.17, 15) is 14.0 Å². The number of Topliss-reactive ketones (excluding diaryl/α,β-unsaturated/α-hetero) is 2. The lowest BCUT2D eigenvalue weighted by atomic mass is 9.87. The van der Waals surface area contributed by atoms with Gasteiger partial charge in [0, 0.05) is 11.0 Å². The van der Waals surface area contributed by atoms with E-state index in [0.29, 0.717) is 0 Å². The Morgan fingerprint density at radius 1 is 1.29 bits per heavy atom. The minimum atomic E-state index is -0.578. The Morgan fingerprint density at radius 3 is 2.35 bits per heavy atom. The van der Waals surface area contributed by atoms with Crippen LogP contribution in [0.2, 0.25) is 5.02 Å². The van der Waals surface area contributed by atoms with Crippen molar-refractivity contribution in [2.45, 2.75) is 27.2 Å². The highest BCUT2D eigenvalue weighted by Crippen LogP contribution is 2.20. The zero-order valence-electron chi connectivity index (χ0n) is 10.0. The molecule has 0 amide bonds. The van der Waals surface area contributed by atoms with Gasteiger partial charge >= 0.3 is 0 Å². The summed E-state index contributed by atoms with van der Waals surface area (Å²) in [6.45, 7) is 5.25. The zero-order chi connectivity index (χ0) is 13.2. The normalized spacial score (nSPS) is 11.4. The number of carbonyl (C=O) groups is 2. The molecular weight excluding hydrogens is 243 g/mol. The van der Waals surface area contributed by atoms with Crippen LogP contribution in [-0.4, -0.2) is 11.6 Å². The van der Waals surface area contributed by atoms with Crippen LogP contribution in [0.25, 0.3) is 0 Å². The lowest BCUT2D eigenvalue weighted by molar-refractivity contribution is -0.125. The summed E-state index contributed by atoms with van der Waals surface area (Å²) < 4.78 is 12.9. The summed E-state index contributed by atoms with van der Waals surface area (Å²) in [6.07, 6.45) is -0.189. The van der Waals surface area contributed by atoms with Gasteiger partial charge in [0.05, 0.1) is 11.4 Å². The van der Waals surface area contributed by atoms with Gasteiger partial charge in [-0.15, -0.1) is 0 Å². The Balaban J connectivity index is 2.84. The van der Waals surface area contributed by atoms with Crippen molar-refractivity contribution < 1.29 is 14.0 Å². The molecule has 0 saturated carbocycles. The predicted octanol–water partition coefficient (Wildman–Crippen LogP) is 3.67. The van der Waals surface area contributed by atoms with Crippen molar-refractivity contribution in [1.82, 2.24) is 0 Å². The molecule has 1 rings (SSSR count). The fraction of sp³-hybridized carbons (Fsp3) is 0.385. The van der Waals surface area contributed by atoms with Crippen LogP contribution in [-0.2, 0) is 4.79 Å². The molecule has 0 aliphatic heterocycles. The SMILES string of the molecule is CC(C)(C)C(=O)CC(=O)c1ccc(F)c(Cl)c1. The Morgan fingerprint density at radius 2 is 1.88 bits per heavy atom. The highest BCUT2D eigenvalue weighted by atomic mass is 35.5. The molecule has 2 nitrogen and oxygen atoms in total. The van der Waals surface area contributed by atoms with Gasteiger partial charge in [-0.05, 0) is 18.2 Å². The first-order valence-electron chi connectivity index (χ1n) is 5.23. The van der Waals surface area contributed by atoms with E-state index in [-0.39, 0.29) is 28.6 Å². The molecule has 0 spiro atoms. The summed E-state index contributed by atoms with van der Waals surface area (Å²) in [5, 5.41) is -0.112. The third-order valence-corrected chi connectivity index (χ3v) is 2.69. The summed E-state index contributed by atoms with van der Waals surface area (Å²) in [5.74, 6) is -1.07. The fourth-order valence-corrected chi connectivity index (χ4v) is 1.36. The first-order valence-corrected chi connectivity index (χ1v) is 5.61. The zero-order valence-corrected chi connectivity index (χ0v) is 10.8. The molecule has 1 aromatic carbocycles. The molecule has 0 aliphatic rings. The van der Waals surface area contributed by atoms with Gasteiger partial charge in [-0.3, -0.25) is 9.59 Å². The standard InChI is InChI=1S/C13H14ClFO2/c1-13(2,3)12(17)7-11(16)8-4-5-10(15)9(14)6-8/h4-6H,7H2,1-3H3. The average molecular weight is 257 g/mol. The van der Waals surface area contributed by atoms with E-state index < -0.39 is 11.2 Å². The van der Waals surface area contributed by atoms with Crippen LogP contribution >= 0.6 is 11.6 Å². The molecule has 0 radical (unpaired) electrons. The smallest absolute Gasteiger partial charge is 0.170 e. The number of halogens is 2. The molecule has 0 bridgehead atoms. The summed E-state index contributed by atoms with van der Waals surface area (Å²) in [4.78, 5) is 23.4. The van der Waals surface area contributed by atoms with Gasteiger partial charge in [-0.25, -0.2) is 4.39 Å². The maximum Gasteiger partial charge on any atom is 0.170 e. The number of rotatable bonds is 3. The van der Waals surface area contributed by atoms with Crippen molar-refractivity contribution >= 4 is 23.2 Å². The lowest BCUT2D eigenvalue weighted by Crippen LogP contribution is -2.23. The second kappa shape index (κ2) is 4.96. The Kier molecular flexibility index (Phi) is 4.04. The van der Waals surface area contributed by atoms with Crippen molar-refractivity contribution in [3.05, 3.63) is 34.6 Å². The van der Waals surface area contributed by atoms with Gasteiger partial charge < -0.3 is 0 Å². The van der Waals surface area contributed by atoms with Crippen LogP contribution in [0.5, 0.6) is 0 Å². The van der Waals surface area contributed by atoms with Crippen molar-refractivity contribution in [3.8, 4) is 0 Å². The van der Waals surface area contributed by atoms with Gasteiger partial charge in [-0.2, -0.15) is 0 Å². The molecule has 0 unspecified atom stereocenters. The maximum absolute atomic E-state index is 12.9. The molecule has 17 heavy (non-hydrogen) atoms. The predicted molar refractivity (Wildman–Crippen MR) is 64.8 cm³/mol. The highest BCUT2D eigenvalue weighted by Gasteiger charge is 2.24. The second-order valence-corrected chi connectivity index (χ2v) is 5.31. The molecular formula is C13H14ClFO2. The Hall–Kier alpha value is -1.22. The molecule has 0 aliphatic carbocycles. The first-order chi connectivity index (χ1) is 7.71. The molecule has 0 atom stereocenters. The van der Waals surface area contributed by atoms with E-state index in [1.54, 1.807) is 20.8 Å². The van der Waals surface area contributed by atoms with Crippen LogP contribution in [0, 0.1) is 11.2 Å². The van der Waals surface area contributed by atoms with Gasteiger partial charge in [0.25, 0.3) is 0 Å². The molecule has 92 valence electrons. The number of ketones is 2. The molecule has 0 saturated heterocycles. The molecule has 0 N–H and O–H groups in total. The number of hydrogen-bond acceptors (Lipinski definition) is 2. The Bertz CT molecular complexity index is 461. The van der Waals surface area contributed by atoms with Crippen molar-refractivity contribution in [2.24, 2.45) is 5.41 Å². The fourth-order valence-electron chi connectivity index (χ4n) is 1.18. The van der Waals surface area contributed by atoms with Crippen LogP contribution in [0.15, 0.2) is 18.2 Å². The van der Waals surface area contributed by atoms with Gasteiger partial charge in [0.1, 0.15) is 11.6 Å². The molecule has 0 aromatic heterocycles.